The monoisotopic (exact) mass is 299 g/mol. The highest BCUT2D eigenvalue weighted by Crippen LogP contribution is 2.10. The molecule has 7 nitrogen and oxygen atoms in total. The van der Waals surface area contributed by atoms with Gasteiger partial charge in [0.15, 0.2) is 0 Å². The summed E-state index contributed by atoms with van der Waals surface area (Å²) in [7, 11) is 0. The highest BCUT2D eigenvalue weighted by molar-refractivity contribution is 5.76. The van der Waals surface area contributed by atoms with Crippen LogP contribution in [-0.4, -0.2) is 78.9 Å². The molecule has 0 aliphatic carbocycles. The molecule has 2 N–H and O–H groups in total. The molecule has 120 valence electrons. The van der Waals surface area contributed by atoms with Gasteiger partial charge < -0.3 is 25.0 Å². The molecule has 0 aromatic rings. The van der Waals surface area contributed by atoms with Crippen molar-refractivity contribution in [3.05, 3.63) is 0 Å². The minimum atomic E-state index is -0.282. The van der Waals surface area contributed by atoms with Crippen molar-refractivity contribution in [1.29, 1.82) is 0 Å². The van der Waals surface area contributed by atoms with Crippen molar-refractivity contribution < 1.29 is 19.4 Å². The number of carbonyl (C=O) groups is 2. The van der Waals surface area contributed by atoms with Gasteiger partial charge >= 0.3 is 6.03 Å². The van der Waals surface area contributed by atoms with Gasteiger partial charge in [-0.2, -0.15) is 0 Å². The lowest BCUT2D eigenvalue weighted by Gasteiger charge is -2.32. The number of carbonyl (C=O) groups excluding carboxylic acids is 2. The fourth-order valence-electron chi connectivity index (χ4n) is 2.69. The molecule has 2 fully saturated rings. The van der Waals surface area contributed by atoms with Gasteiger partial charge in [-0.25, -0.2) is 4.79 Å². The number of aliphatic hydroxyl groups excluding tert-OH is 1. The van der Waals surface area contributed by atoms with E-state index in [4.69, 9.17) is 9.84 Å². The zero-order valence-corrected chi connectivity index (χ0v) is 12.4. The number of piperidine rings is 1. The Hall–Kier alpha value is -1.34. The summed E-state index contributed by atoms with van der Waals surface area (Å²) in [6.07, 6.45) is 3.22. The number of nitrogens with one attached hydrogen (secondary N) is 1. The minimum Gasteiger partial charge on any atom is -0.394 e. The number of urea groups is 1. The first kappa shape index (κ1) is 16.0. The van der Waals surface area contributed by atoms with E-state index in [1.807, 2.05) is 4.90 Å². The summed E-state index contributed by atoms with van der Waals surface area (Å²) >= 11 is 0. The summed E-state index contributed by atoms with van der Waals surface area (Å²) in [5, 5.41) is 11.9. The maximum atomic E-state index is 12.0. The van der Waals surface area contributed by atoms with Gasteiger partial charge in [-0.05, 0) is 19.3 Å². The lowest BCUT2D eigenvalue weighted by molar-refractivity contribution is -0.133. The summed E-state index contributed by atoms with van der Waals surface area (Å²) in [6, 6.07) is -0.123. The zero-order chi connectivity index (χ0) is 15.1. The van der Waals surface area contributed by atoms with E-state index in [0.29, 0.717) is 39.2 Å². The van der Waals surface area contributed by atoms with Crippen molar-refractivity contribution in [2.24, 2.45) is 0 Å². The summed E-state index contributed by atoms with van der Waals surface area (Å²) < 4.78 is 5.31. The molecule has 2 saturated heterocycles. The maximum absolute atomic E-state index is 12.0. The molecule has 21 heavy (non-hydrogen) atoms. The van der Waals surface area contributed by atoms with Crippen LogP contribution in [0.5, 0.6) is 0 Å². The van der Waals surface area contributed by atoms with Gasteiger partial charge in [0.2, 0.25) is 5.91 Å². The molecule has 1 unspecified atom stereocenters. The van der Waals surface area contributed by atoms with E-state index in [1.54, 1.807) is 4.90 Å². The van der Waals surface area contributed by atoms with E-state index in [1.165, 1.54) is 0 Å². The van der Waals surface area contributed by atoms with Crippen LogP contribution in [0.25, 0.3) is 0 Å². The predicted octanol–water partition coefficient (Wildman–Crippen LogP) is -0.208. The number of hydrogen-bond donors (Lipinski definition) is 2. The summed E-state index contributed by atoms with van der Waals surface area (Å²) in [4.78, 5) is 27.1. The second-order valence-electron chi connectivity index (χ2n) is 5.54. The summed E-state index contributed by atoms with van der Waals surface area (Å²) in [6.45, 7) is 3.47. The molecule has 0 radical (unpaired) electrons. The molecule has 0 aromatic heterocycles. The molecular formula is C14H25N3O4. The predicted molar refractivity (Wildman–Crippen MR) is 76.8 cm³/mol. The average molecular weight is 299 g/mol. The van der Waals surface area contributed by atoms with Gasteiger partial charge in [-0.1, -0.05) is 0 Å². The van der Waals surface area contributed by atoms with Crippen LogP contribution in [0.15, 0.2) is 0 Å². The molecule has 2 rings (SSSR count). The molecule has 2 aliphatic rings. The fourth-order valence-corrected chi connectivity index (χ4v) is 2.69. The molecule has 2 aliphatic heterocycles. The number of likely N-dealkylation sites (tertiary alicyclic amines) is 1. The van der Waals surface area contributed by atoms with Crippen molar-refractivity contribution in [2.45, 2.75) is 31.8 Å². The Balaban J connectivity index is 1.61. The number of aliphatic hydroxyl groups is 1. The third-order valence-electron chi connectivity index (χ3n) is 3.93. The van der Waals surface area contributed by atoms with Gasteiger partial charge in [0, 0.05) is 32.6 Å². The second kappa shape index (κ2) is 8.19. The van der Waals surface area contributed by atoms with Crippen molar-refractivity contribution in [2.75, 3.05) is 45.9 Å². The van der Waals surface area contributed by atoms with Crippen LogP contribution in [0.3, 0.4) is 0 Å². The Morgan fingerprint density at radius 3 is 3.00 bits per heavy atom. The lowest BCUT2D eigenvalue weighted by Crippen LogP contribution is -2.50. The standard InChI is InChI=1S/C14H25N3O4/c18-11-12-10-17(8-9-21-12)14(20)15-5-3-7-16-6-2-1-4-13(16)19/h12,18H,1-11H2,(H,15,20). The first-order valence-electron chi connectivity index (χ1n) is 7.73. The molecule has 0 spiro atoms. The SMILES string of the molecule is O=C1CCCCN1CCCNC(=O)N1CCOC(CO)C1. The Bertz CT molecular complexity index is 364. The number of nitrogens with zero attached hydrogens (tertiary/aromatic N) is 2. The van der Waals surface area contributed by atoms with Crippen molar-refractivity contribution >= 4 is 11.9 Å². The Labute approximate surface area is 125 Å². The summed E-state index contributed by atoms with van der Waals surface area (Å²) in [5.41, 5.74) is 0. The van der Waals surface area contributed by atoms with Crippen molar-refractivity contribution in [3.63, 3.8) is 0 Å². The Kier molecular flexibility index (Phi) is 6.25. The quantitative estimate of drug-likeness (QED) is 0.688. The highest BCUT2D eigenvalue weighted by Gasteiger charge is 2.23. The number of ether oxygens (including phenoxy) is 1. The first-order valence-corrected chi connectivity index (χ1v) is 7.73. The topological polar surface area (TPSA) is 82.1 Å². The van der Waals surface area contributed by atoms with E-state index in [-0.39, 0.29) is 24.6 Å². The number of morpholine rings is 1. The molecule has 1 atom stereocenters. The Morgan fingerprint density at radius 1 is 1.38 bits per heavy atom. The first-order chi connectivity index (χ1) is 10.2. The van der Waals surface area contributed by atoms with Crippen LogP contribution < -0.4 is 5.32 Å². The van der Waals surface area contributed by atoms with Crippen LogP contribution in [0, 0.1) is 0 Å². The third kappa shape index (κ3) is 4.86. The molecule has 3 amide bonds. The van der Waals surface area contributed by atoms with E-state index in [0.717, 1.165) is 25.8 Å². The maximum Gasteiger partial charge on any atom is 0.317 e. The van der Waals surface area contributed by atoms with Gasteiger partial charge in [0.05, 0.1) is 25.9 Å². The van der Waals surface area contributed by atoms with Crippen LogP contribution in [0.2, 0.25) is 0 Å². The lowest BCUT2D eigenvalue weighted by atomic mass is 10.1. The number of rotatable bonds is 5. The third-order valence-corrected chi connectivity index (χ3v) is 3.93. The highest BCUT2D eigenvalue weighted by atomic mass is 16.5. The van der Waals surface area contributed by atoms with Crippen LogP contribution in [-0.2, 0) is 9.53 Å². The molecule has 0 bridgehead atoms. The van der Waals surface area contributed by atoms with Crippen LogP contribution >= 0.6 is 0 Å². The van der Waals surface area contributed by atoms with Gasteiger partial charge in [-0.15, -0.1) is 0 Å². The second-order valence-corrected chi connectivity index (χ2v) is 5.54. The molecule has 0 aromatic carbocycles. The summed E-state index contributed by atoms with van der Waals surface area (Å²) in [5.74, 6) is 0.228. The van der Waals surface area contributed by atoms with E-state index >= 15 is 0 Å². The van der Waals surface area contributed by atoms with E-state index in [9.17, 15) is 9.59 Å². The molecule has 7 heteroatoms. The fraction of sp³-hybridized carbons (Fsp3) is 0.857. The van der Waals surface area contributed by atoms with Gasteiger partial charge in [-0.3, -0.25) is 4.79 Å². The average Bonchev–Trinajstić information content (AvgIpc) is 2.53. The van der Waals surface area contributed by atoms with Crippen molar-refractivity contribution in [3.8, 4) is 0 Å². The van der Waals surface area contributed by atoms with Crippen LogP contribution in [0.1, 0.15) is 25.7 Å². The van der Waals surface area contributed by atoms with Gasteiger partial charge in [0.1, 0.15) is 0 Å². The molecular weight excluding hydrogens is 274 g/mol. The largest absolute Gasteiger partial charge is 0.394 e. The number of hydrogen-bond acceptors (Lipinski definition) is 4. The Morgan fingerprint density at radius 2 is 2.24 bits per heavy atom. The number of amides is 3. The smallest absolute Gasteiger partial charge is 0.317 e. The van der Waals surface area contributed by atoms with Gasteiger partial charge in [0.25, 0.3) is 0 Å². The normalized spacial score (nSPS) is 23.3. The molecule has 2 heterocycles. The van der Waals surface area contributed by atoms with Crippen LogP contribution in [0.4, 0.5) is 4.79 Å². The molecule has 0 saturated carbocycles. The zero-order valence-electron chi connectivity index (χ0n) is 12.4. The van der Waals surface area contributed by atoms with E-state index in [2.05, 4.69) is 5.32 Å². The van der Waals surface area contributed by atoms with E-state index < -0.39 is 0 Å². The van der Waals surface area contributed by atoms with Crippen molar-refractivity contribution in [1.82, 2.24) is 15.1 Å². The minimum absolute atomic E-state index is 0.0686.